The molecule has 3 rings (SSSR count). The Labute approximate surface area is 99.1 Å². The van der Waals surface area contributed by atoms with Crippen LogP contribution in [0.15, 0.2) is 4.63 Å². The van der Waals surface area contributed by atoms with E-state index in [1.165, 1.54) is 19.3 Å². The van der Waals surface area contributed by atoms with Crippen LogP contribution in [0, 0.1) is 5.92 Å². The number of nitrogen functional groups attached to an aromatic ring is 1. The molecule has 0 spiro atoms. The molecule has 2 fully saturated rings. The number of carbonyl (C=O) groups excluding carboxylic acids is 1. The zero-order valence-corrected chi connectivity index (χ0v) is 9.63. The number of aromatic nitrogens is 2. The van der Waals surface area contributed by atoms with Crippen molar-refractivity contribution in [3.63, 3.8) is 0 Å². The number of hydrogen-bond acceptors (Lipinski definition) is 5. The van der Waals surface area contributed by atoms with Gasteiger partial charge >= 0.3 is 0 Å². The number of nitrogens with zero attached hydrogens (tertiary/aromatic N) is 3. The highest BCUT2D eigenvalue weighted by molar-refractivity contribution is 5.96. The molecular weight excluding hydrogens is 220 g/mol. The predicted octanol–water partition coefficient (Wildman–Crippen LogP) is 1.06. The molecule has 92 valence electrons. The molecule has 17 heavy (non-hydrogen) atoms. The largest absolute Gasteiger partial charge is 0.379 e. The highest BCUT2D eigenvalue weighted by atomic mass is 16.6. The lowest BCUT2D eigenvalue weighted by Gasteiger charge is -2.31. The van der Waals surface area contributed by atoms with E-state index in [0.717, 1.165) is 19.4 Å². The Bertz CT molecular complexity index is 431. The molecule has 2 aliphatic rings. The lowest BCUT2D eigenvalue weighted by molar-refractivity contribution is 0.0679. The highest BCUT2D eigenvalue weighted by Gasteiger charge is 2.39. The van der Waals surface area contributed by atoms with Crippen molar-refractivity contribution in [2.45, 2.75) is 38.1 Å². The molecule has 6 heteroatoms. The molecule has 1 saturated carbocycles. The second kappa shape index (κ2) is 4.01. The van der Waals surface area contributed by atoms with Crippen LogP contribution in [0.25, 0.3) is 0 Å². The number of amides is 1. The summed E-state index contributed by atoms with van der Waals surface area (Å²) in [6, 6.07) is 0.368. The second-order valence-corrected chi connectivity index (χ2v) is 4.90. The number of hydrogen-bond donors (Lipinski definition) is 1. The predicted molar refractivity (Wildman–Crippen MR) is 60.1 cm³/mol. The fourth-order valence-electron chi connectivity index (χ4n) is 3.14. The zero-order valence-electron chi connectivity index (χ0n) is 9.63. The minimum atomic E-state index is -0.127. The maximum absolute atomic E-state index is 12.3. The summed E-state index contributed by atoms with van der Waals surface area (Å²) in [4.78, 5) is 14.2. The fourth-order valence-corrected chi connectivity index (χ4v) is 3.14. The molecular formula is C11H16N4O2. The summed E-state index contributed by atoms with van der Waals surface area (Å²) in [6.45, 7) is 0.806. The Kier molecular flexibility index (Phi) is 2.49. The SMILES string of the molecule is Nc1nonc1C(=O)N1CCC2CCCCC21. The smallest absolute Gasteiger partial charge is 0.280 e. The number of likely N-dealkylation sites (tertiary alicyclic amines) is 1. The summed E-state index contributed by atoms with van der Waals surface area (Å²) in [5.41, 5.74) is 5.73. The molecule has 2 heterocycles. The van der Waals surface area contributed by atoms with E-state index in [1.54, 1.807) is 0 Å². The van der Waals surface area contributed by atoms with Crippen LogP contribution in [0.2, 0.25) is 0 Å². The zero-order chi connectivity index (χ0) is 11.8. The summed E-state index contributed by atoms with van der Waals surface area (Å²) in [7, 11) is 0. The second-order valence-electron chi connectivity index (χ2n) is 4.90. The van der Waals surface area contributed by atoms with Crippen molar-refractivity contribution in [1.82, 2.24) is 15.2 Å². The molecule has 1 aromatic rings. The normalized spacial score (nSPS) is 28.1. The number of rotatable bonds is 1. The van der Waals surface area contributed by atoms with Crippen molar-refractivity contribution in [3.05, 3.63) is 5.69 Å². The van der Waals surface area contributed by atoms with Crippen LogP contribution in [0.4, 0.5) is 5.82 Å². The molecule has 1 amide bonds. The van der Waals surface area contributed by atoms with Crippen molar-refractivity contribution < 1.29 is 9.42 Å². The molecule has 1 aromatic heterocycles. The standard InChI is InChI=1S/C11H16N4O2/c12-10-9(13-17-14-10)11(16)15-6-5-7-3-1-2-4-8(7)15/h7-8H,1-6H2,(H2,12,14). The summed E-state index contributed by atoms with van der Waals surface area (Å²) in [5, 5.41) is 7.05. The van der Waals surface area contributed by atoms with Crippen LogP contribution in [-0.2, 0) is 0 Å². The van der Waals surface area contributed by atoms with Crippen molar-refractivity contribution >= 4 is 11.7 Å². The summed E-state index contributed by atoms with van der Waals surface area (Å²) in [6.07, 6.45) is 5.93. The van der Waals surface area contributed by atoms with Gasteiger partial charge in [0, 0.05) is 12.6 Å². The summed E-state index contributed by atoms with van der Waals surface area (Å²) < 4.78 is 4.49. The molecule has 2 atom stereocenters. The van der Waals surface area contributed by atoms with Gasteiger partial charge in [-0.15, -0.1) is 0 Å². The maximum Gasteiger partial charge on any atom is 0.280 e. The Morgan fingerprint density at radius 1 is 1.29 bits per heavy atom. The average molecular weight is 236 g/mol. The van der Waals surface area contributed by atoms with E-state index in [0.29, 0.717) is 12.0 Å². The van der Waals surface area contributed by atoms with E-state index in [2.05, 4.69) is 14.9 Å². The quantitative estimate of drug-likeness (QED) is 0.787. The number of nitrogens with two attached hydrogens (primary N) is 1. The summed E-state index contributed by atoms with van der Waals surface area (Å²) >= 11 is 0. The molecule has 6 nitrogen and oxygen atoms in total. The third kappa shape index (κ3) is 1.67. The minimum absolute atomic E-state index is 0.0919. The molecule has 2 N–H and O–H groups in total. The first-order chi connectivity index (χ1) is 8.27. The Balaban J connectivity index is 1.81. The van der Waals surface area contributed by atoms with Crippen LogP contribution < -0.4 is 5.73 Å². The van der Waals surface area contributed by atoms with Gasteiger partial charge in [-0.1, -0.05) is 12.8 Å². The van der Waals surface area contributed by atoms with Crippen molar-refractivity contribution in [3.8, 4) is 0 Å². The van der Waals surface area contributed by atoms with E-state index < -0.39 is 0 Å². The number of carbonyl (C=O) groups is 1. The van der Waals surface area contributed by atoms with E-state index in [4.69, 9.17) is 5.73 Å². The van der Waals surface area contributed by atoms with E-state index in [9.17, 15) is 4.79 Å². The molecule has 2 unspecified atom stereocenters. The van der Waals surface area contributed by atoms with Crippen LogP contribution in [-0.4, -0.2) is 33.7 Å². The van der Waals surface area contributed by atoms with Gasteiger partial charge in [-0.05, 0) is 35.5 Å². The Hall–Kier alpha value is -1.59. The van der Waals surface area contributed by atoms with E-state index >= 15 is 0 Å². The van der Waals surface area contributed by atoms with Crippen LogP contribution in [0.5, 0.6) is 0 Å². The van der Waals surface area contributed by atoms with Gasteiger partial charge in [-0.3, -0.25) is 4.79 Å². The van der Waals surface area contributed by atoms with Gasteiger partial charge in [0.25, 0.3) is 5.91 Å². The Morgan fingerprint density at radius 3 is 2.88 bits per heavy atom. The van der Waals surface area contributed by atoms with Crippen molar-refractivity contribution in [2.24, 2.45) is 5.92 Å². The van der Waals surface area contributed by atoms with E-state index in [-0.39, 0.29) is 17.4 Å². The van der Waals surface area contributed by atoms with E-state index in [1.807, 2.05) is 4.90 Å². The third-order valence-electron chi connectivity index (χ3n) is 3.99. The maximum atomic E-state index is 12.3. The van der Waals surface area contributed by atoms with Gasteiger partial charge in [-0.2, -0.15) is 0 Å². The number of fused-ring (bicyclic) bond motifs is 1. The highest BCUT2D eigenvalue weighted by Crippen LogP contribution is 2.36. The minimum Gasteiger partial charge on any atom is -0.379 e. The van der Waals surface area contributed by atoms with Crippen molar-refractivity contribution in [1.29, 1.82) is 0 Å². The van der Waals surface area contributed by atoms with Crippen LogP contribution >= 0.6 is 0 Å². The molecule has 0 bridgehead atoms. The Morgan fingerprint density at radius 2 is 2.12 bits per heavy atom. The third-order valence-corrected chi connectivity index (χ3v) is 3.99. The first kappa shape index (κ1) is 10.6. The van der Waals surface area contributed by atoms with Crippen molar-refractivity contribution in [2.75, 3.05) is 12.3 Å². The monoisotopic (exact) mass is 236 g/mol. The average Bonchev–Trinajstić information content (AvgIpc) is 2.94. The van der Waals surface area contributed by atoms with Gasteiger partial charge in [0.2, 0.25) is 11.5 Å². The van der Waals surface area contributed by atoms with Gasteiger partial charge in [-0.25, -0.2) is 4.63 Å². The lowest BCUT2D eigenvalue weighted by Crippen LogP contribution is -2.39. The van der Waals surface area contributed by atoms with Gasteiger partial charge < -0.3 is 10.6 Å². The van der Waals surface area contributed by atoms with Crippen LogP contribution in [0.1, 0.15) is 42.6 Å². The molecule has 1 saturated heterocycles. The summed E-state index contributed by atoms with van der Waals surface area (Å²) in [5.74, 6) is 0.626. The van der Waals surface area contributed by atoms with Gasteiger partial charge in [0.05, 0.1) is 0 Å². The van der Waals surface area contributed by atoms with Gasteiger partial charge in [0.15, 0.2) is 0 Å². The molecule has 0 radical (unpaired) electrons. The van der Waals surface area contributed by atoms with Gasteiger partial charge in [0.1, 0.15) is 0 Å². The lowest BCUT2D eigenvalue weighted by atomic mass is 9.85. The first-order valence-electron chi connectivity index (χ1n) is 6.16. The molecule has 1 aliphatic carbocycles. The fraction of sp³-hybridized carbons (Fsp3) is 0.727. The van der Waals surface area contributed by atoms with Crippen LogP contribution in [0.3, 0.4) is 0 Å². The molecule has 0 aromatic carbocycles. The number of anilines is 1. The first-order valence-corrected chi connectivity index (χ1v) is 6.16. The topological polar surface area (TPSA) is 85.2 Å². The molecule has 1 aliphatic heterocycles.